The molecule has 2 heteroatoms. The monoisotopic (exact) mass is 300 g/mol. The van der Waals surface area contributed by atoms with Gasteiger partial charge in [0.2, 0.25) is 0 Å². The Kier molecular flexibility index (Phi) is 4.65. The Morgan fingerprint density at radius 3 is 1.91 bits per heavy atom. The van der Waals surface area contributed by atoms with E-state index in [9.17, 15) is 4.79 Å². The zero-order chi connectivity index (χ0) is 15.9. The standard InChI is InChI=1S/C21H16O2/c22-21(16-11-17-7-3-1-4-8-17)23-20-14-12-19(13-15-20)18-9-5-2-6-10-18/h1-16H/b16-11-. The largest absolute Gasteiger partial charge is 0.423 e. The Hall–Kier alpha value is -3.13. The average Bonchev–Trinajstić information content (AvgIpc) is 2.62. The van der Waals surface area contributed by atoms with E-state index in [1.807, 2.05) is 72.8 Å². The summed E-state index contributed by atoms with van der Waals surface area (Å²) in [6.45, 7) is 0. The van der Waals surface area contributed by atoms with Gasteiger partial charge in [0.15, 0.2) is 0 Å². The van der Waals surface area contributed by atoms with Crippen LogP contribution in [0.4, 0.5) is 0 Å². The minimum atomic E-state index is -0.388. The van der Waals surface area contributed by atoms with E-state index in [4.69, 9.17) is 4.74 Å². The van der Waals surface area contributed by atoms with E-state index >= 15 is 0 Å². The van der Waals surface area contributed by atoms with Gasteiger partial charge < -0.3 is 4.74 Å². The maximum Gasteiger partial charge on any atom is 0.336 e. The zero-order valence-corrected chi connectivity index (χ0v) is 12.6. The number of ether oxygens (including phenoxy) is 1. The first kappa shape index (κ1) is 14.8. The molecule has 0 radical (unpaired) electrons. The van der Waals surface area contributed by atoms with E-state index in [1.165, 1.54) is 6.08 Å². The molecule has 0 atom stereocenters. The van der Waals surface area contributed by atoms with Crippen molar-refractivity contribution in [2.45, 2.75) is 0 Å². The molecule has 0 aliphatic rings. The Balaban J connectivity index is 1.64. The number of hydrogen-bond acceptors (Lipinski definition) is 2. The van der Waals surface area contributed by atoms with Crippen molar-refractivity contribution < 1.29 is 9.53 Å². The molecular weight excluding hydrogens is 284 g/mol. The second-order valence-corrected chi connectivity index (χ2v) is 5.06. The number of carbonyl (C=O) groups is 1. The van der Waals surface area contributed by atoms with E-state index < -0.39 is 0 Å². The highest BCUT2D eigenvalue weighted by Crippen LogP contribution is 2.22. The first-order valence-corrected chi connectivity index (χ1v) is 7.42. The summed E-state index contributed by atoms with van der Waals surface area (Å²) in [5.41, 5.74) is 3.18. The Morgan fingerprint density at radius 2 is 1.26 bits per heavy atom. The summed E-state index contributed by atoms with van der Waals surface area (Å²) < 4.78 is 5.30. The second kappa shape index (κ2) is 7.23. The summed E-state index contributed by atoms with van der Waals surface area (Å²) in [5, 5.41) is 0. The Bertz CT molecular complexity index is 788. The molecule has 0 aliphatic carbocycles. The predicted octanol–water partition coefficient (Wildman–Crippen LogP) is 4.97. The fraction of sp³-hybridized carbons (Fsp3) is 0. The van der Waals surface area contributed by atoms with E-state index in [0.717, 1.165) is 16.7 Å². The van der Waals surface area contributed by atoms with Crippen LogP contribution < -0.4 is 4.74 Å². The van der Waals surface area contributed by atoms with Gasteiger partial charge in [0.05, 0.1) is 0 Å². The molecule has 0 saturated heterocycles. The summed E-state index contributed by atoms with van der Waals surface area (Å²) in [6.07, 6.45) is 3.17. The van der Waals surface area contributed by atoms with Crippen LogP contribution in [-0.4, -0.2) is 5.97 Å². The Labute approximate surface area is 135 Å². The lowest BCUT2D eigenvalue weighted by Crippen LogP contribution is -2.03. The molecule has 23 heavy (non-hydrogen) atoms. The minimum absolute atomic E-state index is 0.388. The van der Waals surface area contributed by atoms with Crippen LogP contribution in [0.3, 0.4) is 0 Å². The molecule has 0 saturated carbocycles. The molecule has 0 spiro atoms. The van der Waals surface area contributed by atoms with Crippen molar-refractivity contribution in [2.75, 3.05) is 0 Å². The summed E-state index contributed by atoms with van der Waals surface area (Å²) in [6, 6.07) is 27.2. The first-order valence-electron chi connectivity index (χ1n) is 7.42. The van der Waals surface area contributed by atoms with Crippen molar-refractivity contribution in [1.29, 1.82) is 0 Å². The SMILES string of the molecule is O=C(/C=C\c1ccccc1)Oc1ccc(-c2ccccc2)cc1. The van der Waals surface area contributed by atoms with Crippen LogP contribution in [0.2, 0.25) is 0 Å². The lowest BCUT2D eigenvalue weighted by atomic mass is 10.1. The smallest absolute Gasteiger partial charge is 0.336 e. The average molecular weight is 300 g/mol. The third-order valence-electron chi connectivity index (χ3n) is 3.39. The molecule has 3 aromatic rings. The fourth-order valence-electron chi connectivity index (χ4n) is 2.22. The number of hydrogen-bond donors (Lipinski definition) is 0. The fourth-order valence-corrected chi connectivity index (χ4v) is 2.22. The minimum Gasteiger partial charge on any atom is -0.423 e. The Morgan fingerprint density at radius 1 is 0.696 bits per heavy atom. The van der Waals surface area contributed by atoms with Gasteiger partial charge in [0.25, 0.3) is 0 Å². The van der Waals surface area contributed by atoms with E-state index in [0.29, 0.717) is 5.75 Å². The molecule has 2 nitrogen and oxygen atoms in total. The molecule has 3 aromatic carbocycles. The van der Waals surface area contributed by atoms with Crippen molar-refractivity contribution in [3.63, 3.8) is 0 Å². The van der Waals surface area contributed by atoms with Crippen LogP contribution in [0.1, 0.15) is 5.56 Å². The van der Waals surface area contributed by atoms with Crippen LogP contribution in [0, 0.1) is 0 Å². The van der Waals surface area contributed by atoms with Crippen molar-refractivity contribution in [1.82, 2.24) is 0 Å². The second-order valence-electron chi connectivity index (χ2n) is 5.06. The molecule has 0 bridgehead atoms. The number of benzene rings is 3. The first-order chi connectivity index (χ1) is 11.3. The molecule has 0 amide bonds. The van der Waals surface area contributed by atoms with Gasteiger partial charge in [-0.2, -0.15) is 0 Å². The summed E-state index contributed by atoms with van der Waals surface area (Å²) in [5.74, 6) is 0.147. The van der Waals surface area contributed by atoms with Crippen molar-refractivity contribution >= 4 is 12.0 Å². The van der Waals surface area contributed by atoms with Crippen molar-refractivity contribution in [2.24, 2.45) is 0 Å². The quantitative estimate of drug-likeness (QED) is 0.386. The third-order valence-corrected chi connectivity index (χ3v) is 3.39. The highest BCUT2D eigenvalue weighted by Gasteiger charge is 2.02. The predicted molar refractivity (Wildman–Crippen MR) is 93.0 cm³/mol. The van der Waals surface area contributed by atoms with Gasteiger partial charge in [-0.25, -0.2) is 4.79 Å². The van der Waals surface area contributed by atoms with Crippen LogP contribution >= 0.6 is 0 Å². The molecule has 0 heterocycles. The maximum absolute atomic E-state index is 11.8. The normalized spacial score (nSPS) is 10.6. The van der Waals surface area contributed by atoms with E-state index in [-0.39, 0.29) is 5.97 Å². The van der Waals surface area contributed by atoms with Gasteiger partial charge >= 0.3 is 5.97 Å². The molecule has 0 N–H and O–H groups in total. The summed E-state index contributed by atoms with van der Waals surface area (Å²) in [4.78, 5) is 11.8. The lowest BCUT2D eigenvalue weighted by molar-refractivity contribution is -0.128. The molecule has 3 rings (SSSR count). The molecular formula is C21H16O2. The highest BCUT2D eigenvalue weighted by atomic mass is 16.5. The van der Waals surface area contributed by atoms with Crippen molar-refractivity contribution in [3.05, 3.63) is 96.6 Å². The van der Waals surface area contributed by atoms with Crippen LogP contribution in [0.25, 0.3) is 17.2 Å². The van der Waals surface area contributed by atoms with Gasteiger partial charge in [-0.1, -0.05) is 72.8 Å². The van der Waals surface area contributed by atoms with Crippen LogP contribution in [0.15, 0.2) is 91.0 Å². The third kappa shape index (κ3) is 4.17. The molecule has 0 aromatic heterocycles. The molecule has 112 valence electrons. The molecule has 0 unspecified atom stereocenters. The van der Waals surface area contributed by atoms with Crippen LogP contribution in [0.5, 0.6) is 5.75 Å². The molecule has 0 fully saturated rings. The summed E-state index contributed by atoms with van der Waals surface area (Å²) in [7, 11) is 0. The summed E-state index contributed by atoms with van der Waals surface area (Å²) >= 11 is 0. The van der Waals surface area contributed by atoms with Gasteiger partial charge in [-0.3, -0.25) is 0 Å². The van der Waals surface area contributed by atoms with Gasteiger partial charge in [-0.15, -0.1) is 0 Å². The maximum atomic E-state index is 11.8. The van der Waals surface area contributed by atoms with E-state index in [2.05, 4.69) is 0 Å². The topological polar surface area (TPSA) is 26.3 Å². The van der Waals surface area contributed by atoms with Crippen molar-refractivity contribution in [3.8, 4) is 16.9 Å². The number of carbonyl (C=O) groups excluding carboxylic acids is 1. The zero-order valence-electron chi connectivity index (χ0n) is 12.6. The number of esters is 1. The van der Waals surface area contributed by atoms with E-state index in [1.54, 1.807) is 18.2 Å². The van der Waals surface area contributed by atoms with Gasteiger partial charge in [0, 0.05) is 6.08 Å². The van der Waals surface area contributed by atoms with Gasteiger partial charge in [0.1, 0.15) is 5.75 Å². The number of rotatable bonds is 4. The van der Waals surface area contributed by atoms with Gasteiger partial charge in [-0.05, 0) is 34.9 Å². The van der Waals surface area contributed by atoms with Crippen LogP contribution in [-0.2, 0) is 4.79 Å². The molecule has 0 aliphatic heterocycles. The highest BCUT2D eigenvalue weighted by molar-refractivity contribution is 5.88. The lowest BCUT2D eigenvalue weighted by Gasteiger charge is -2.04.